The van der Waals surface area contributed by atoms with Crippen LogP contribution in [0.2, 0.25) is 0 Å². The molecule has 0 aliphatic carbocycles. The number of pyridine rings is 1. The Morgan fingerprint density at radius 1 is 1.25 bits per heavy atom. The Morgan fingerprint density at radius 3 is 2.71 bits per heavy atom. The molecule has 1 aromatic carbocycles. The molecule has 0 unspecified atom stereocenters. The average Bonchev–Trinajstić information content (AvgIpc) is 2.87. The Morgan fingerprint density at radius 2 is 2.04 bits per heavy atom. The largest absolute Gasteiger partial charge is 0.493 e. The van der Waals surface area contributed by atoms with E-state index in [9.17, 15) is 4.79 Å². The van der Waals surface area contributed by atoms with Gasteiger partial charge in [-0.2, -0.15) is 0 Å². The highest BCUT2D eigenvalue weighted by molar-refractivity contribution is 8.33. The number of thiocarbonyl (C=S) groups is 1. The average molecular weight is 356 g/mol. The van der Waals surface area contributed by atoms with Crippen molar-refractivity contribution >= 4 is 39.5 Å². The molecule has 1 aliphatic heterocycles. The van der Waals surface area contributed by atoms with Gasteiger partial charge in [0.05, 0.1) is 12.3 Å². The zero-order valence-corrected chi connectivity index (χ0v) is 14.7. The SMILES string of the molecule is Cc1cccc(CCOc2ccc(/C=C3\NC(=S)SC3=O)cc2)n1. The van der Waals surface area contributed by atoms with Crippen molar-refractivity contribution in [1.29, 1.82) is 0 Å². The van der Waals surface area contributed by atoms with Gasteiger partial charge >= 0.3 is 0 Å². The van der Waals surface area contributed by atoms with E-state index in [0.29, 0.717) is 16.6 Å². The first-order chi connectivity index (χ1) is 11.6. The van der Waals surface area contributed by atoms with Crippen LogP contribution in [0.15, 0.2) is 48.2 Å². The maximum atomic E-state index is 11.7. The second kappa shape index (κ2) is 7.59. The summed E-state index contributed by atoms with van der Waals surface area (Å²) in [5.41, 5.74) is 3.47. The van der Waals surface area contributed by atoms with Gasteiger partial charge in [0.2, 0.25) is 5.12 Å². The fourth-order valence-electron chi connectivity index (χ4n) is 2.26. The van der Waals surface area contributed by atoms with Gasteiger partial charge in [0, 0.05) is 17.8 Å². The van der Waals surface area contributed by atoms with Gasteiger partial charge < -0.3 is 10.1 Å². The van der Waals surface area contributed by atoms with Crippen molar-refractivity contribution in [2.45, 2.75) is 13.3 Å². The molecule has 2 heterocycles. The molecule has 122 valence electrons. The van der Waals surface area contributed by atoms with Crippen LogP contribution >= 0.6 is 24.0 Å². The van der Waals surface area contributed by atoms with Crippen LogP contribution in [-0.2, 0) is 11.2 Å². The zero-order valence-electron chi connectivity index (χ0n) is 13.1. The molecule has 2 aromatic rings. The smallest absolute Gasteiger partial charge is 0.242 e. The maximum absolute atomic E-state index is 11.7. The highest BCUT2D eigenvalue weighted by atomic mass is 32.2. The lowest BCUT2D eigenvalue weighted by atomic mass is 10.2. The molecule has 0 saturated carbocycles. The summed E-state index contributed by atoms with van der Waals surface area (Å²) in [5, 5.41) is 2.84. The topological polar surface area (TPSA) is 51.2 Å². The second-order valence-electron chi connectivity index (χ2n) is 5.30. The quantitative estimate of drug-likeness (QED) is 0.654. The number of nitrogens with one attached hydrogen (secondary N) is 1. The molecule has 24 heavy (non-hydrogen) atoms. The van der Waals surface area contributed by atoms with Crippen molar-refractivity contribution in [1.82, 2.24) is 10.3 Å². The molecule has 6 heteroatoms. The first-order valence-corrected chi connectivity index (χ1v) is 8.73. The van der Waals surface area contributed by atoms with Crippen LogP contribution in [0, 0.1) is 6.92 Å². The normalized spacial score (nSPS) is 15.6. The van der Waals surface area contributed by atoms with Gasteiger partial charge in [0.15, 0.2) is 0 Å². The van der Waals surface area contributed by atoms with Crippen LogP contribution < -0.4 is 10.1 Å². The molecule has 0 bridgehead atoms. The minimum atomic E-state index is -0.0500. The van der Waals surface area contributed by atoms with Gasteiger partial charge in [0.25, 0.3) is 0 Å². The van der Waals surface area contributed by atoms with Crippen LogP contribution in [0.1, 0.15) is 17.0 Å². The third kappa shape index (κ3) is 4.43. The summed E-state index contributed by atoms with van der Waals surface area (Å²) in [7, 11) is 0. The number of rotatable bonds is 5. The van der Waals surface area contributed by atoms with E-state index in [-0.39, 0.29) is 5.12 Å². The van der Waals surface area contributed by atoms with Crippen molar-refractivity contribution in [3.63, 3.8) is 0 Å². The zero-order chi connectivity index (χ0) is 16.9. The minimum Gasteiger partial charge on any atom is -0.493 e. The second-order valence-corrected chi connectivity index (χ2v) is 6.95. The lowest BCUT2D eigenvalue weighted by Crippen LogP contribution is -2.10. The summed E-state index contributed by atoms with van der Waals surface area (Å²) in [4.78, 5) is 16.1. The molecule has 1 aliphatic rings. The number of benzene rings is 1. The van der Waals surface area contributed by atoms with E-state index in [0.717, 1.165) is 40.9 Å². The van der Waals surface area contributed by atoms with Crippen LogP contribution in [-0.4, -0.2) is 21.0 Å². The molecular weight excluding hydrogens is 340 g/mol. The van der Waals surface area contributed by atoms with Gasteiger partial charge in [0.1, 0.15) is 10.1 Å². The Hall–Kier alpha value is -2.18. The standard InChI is InChI=1S/C18H16N2O2S2/c1-12-3-2-4-14(19-12)9-10-22-15-7-5-13(6-8-15)11-16-17(21)24-18(23)20-16/h2-8,11H,9-10H2,1H3,(H,20,23)/b16-11-. The van der Waals surface area contributed by atoms with Gasteiger partial charge in [-0.1, -0.05) is 30.4 Å². The monoisotopic (exact) mass is 356 g/mol. The van der Waals surface area contributed by atoms with Crippen molar-refractivity contribution in [3.8, 4) is 5.75 Å². The van der Waals surface area contributed by atoms with Crippen LogP contribution in [0.5, 0.6) is 5.75 Å². The van der Waals surface area contributed by atoms with Gasteiger partial charge in [-0.25, -0.2) is 0 Å². The van der Waals surface area contributed by atoms with E-state index in [2.05, 4.69) is 10.3 Å². The number of nitrogens with zero attached hydrogens (tertiary/aromatic N) is 1. The number of ether oxygens (including phenoxy) is 1. The van der Waals surface area contributed by atoms with E-state index in [1.54, 1.807) is 6.08 Å². The Balaban J connectivity index is 1.56. The number of hydrogen-bond acceptors (Lipinski definition) is 5. The van der Waals surface area contributed by atoms with Gasteiger partial charge in [-0.3, -0.25) is 9.78 Å². The Kier molecular flexibility index (Phi) is 5.27. The van der Waals surface area contributed by atoms with E-state index < -0.39 is 0 Å². The van der Waals surface area contributed by atoms with Crippen molar-refractivity contribution < 1.29 is 9.53 Å². The highest BCUT2D eigenvalue weighted by Gasteiger charge is 2.21. The Labute approximate surface area is 150 Å². The predicted molar refractivity (Wildman–Crippen MR) is 101 cm³/mol. The summed E-state index contributed by atoms with van der Waals surface area (Å²) in [6.45, 7) is 2.55. The van der Waals surface area contributed by atoms with Crippen molar-refractivity contribution in [3.05, 3.63) is 65.1 Å². The van der Waals surface area contributed by atoms with E-state index in [4.69, 9.17) is 17.0 Å². The third-order valence-electron chi connectivity index (χ3n) is 3.41. The molecule has 1 saturated heterocycles. The van der Waals surface area contributed by atoms with Gasteiger partial charge in [-0.05, 0) is 54.6 Å². The number of carbonyl (C=O) groups excluding carboxylic acids is 1. The fraction of sp³-hybridized carbons (Fsp3) is 0.167. The van der Waals surface area contributed by atoms with Gasteiger partial charge in [-0.15, -0.1) is 0 Å². The predicted octanol–water partition coefficient (Wildman–Crippen LogP) is 3.50. The number of aryl methyl sites for hydroxylation is 1. The van der Waals surface area contributed by atoms with Crippen LogP contribution in [0.4, 0.5) is 0 Å². The molecule has 1 N–H and O–H groups in total. The van der Waals surface area contributed by atoms with Crippen LogP contribution in [0.3, 0.4) is 0 Å². The minimum absolute atomic E-state index is 0.0500. The first-order valence-electron chi connectivity index (χ1n) is 7.50. The lowest BCUT2D eigenvalue weighted by molar-refractivity contribution is -0.107. The van der Waals surface area contributed by atoms with Crippen molar-refractivity contribution in [2.24, 2.45) is 0 Å². The maximum Gasteiger partial charge on any atom is 0.242 e. The molecule has 0 spiro atoms. The summed E-state index contributed by atoms with van der Waals surface area (Å²) in [5.74, 6) is 0.792. The molecule has 4 nitrogen and oxygen atoms in total. The summed E-state index contributed by atoms with van der Waals surface area (Å²) in [6, 6.07) is 13.6. The highest BCUT2D eigenvalue weighted by Crippen LogP contribution is 2.22. The fourth-order valence-corrected chi connectivity index (χ4v) is 3.15. The number of aromatic nitrogens is 1. The van der Waals surface area contributed by atoms with Crippen LogP contribution in [0.25, 0.3) is 6.08 Å². The molecule has 3 rings (SSSR count). The molecule has 0 amide bonds. The first kappa shape index (κ1) is 16.7. The lowest BCUT2D eigenvalue weighted by Gasteiger charge is -2.07. The number of hydrogen-bond donors (Lipinski definition) is 1. The summed E-state index contributed by atoms with van der Waals surface area (Å²) < 4.78 is 6.24. The third-order valence-corrected chi connectivity index (χ3v) is 4.45. The molecule has 0 radical (unpaired) electrons. The van der Waals surface area contributed by atoms with Crippen molar-refractivity contribution in [2.75, 3.05) is 6.61 Å². The molecular formula is C18H16N2O2S2. The molecule has 1 fully saturated rings. The Bertz CT molecular complexity index is 801. The summed E-state index contributed by atoms with van der Waals surface area (Å²) in [6.07, 6.45) is 2.55. The molecule has 0 atom stereocenters. The number of thioether (sulfide) groups is 1. The summed E-state index contributed by atoms with van der Waals surface area (Å²) >= 11 is 6.01. The molecule has 1 aromatic heterocycles. The van der Waals surface area contributed by atoms with E-state index in [1.165, 1.54) is 0 Å². The number of carbonyl (C=O) groups is 1. The van der Waals surface area contributed by atoms with E-state index in [1.807, 2.05) is 49.4 Å². The van der Waals surface area contributed by atoms with E-state index >= 15 is 0 Å².